The van der Waals surface area contributed by atoms with Gasteiger partial charge in [0.05, 0.1) is 12.3 Å². The number of carbonyl (C=O) groups is 1. The molecule has 1 N–H and O–H groups in total. The molecule has 0 unspecified atom stereocenters. The first-order chi connectivity index (χ1) is 12.6. The van der Waals surface area contributed by atoms with Crippen molar-refractivity contribution < 1.29 is 18.3 Å². The highest BCUT2D eigenvalue weighted by molar-refractivity contribution is 5.68. The van der Waals surface area contributed by atoms with E-state index in [0.717, 1.165) is 6.07 Å². The van der Waals surface area contributed by atoms with E-state index < -0.39 is 11.6 Å². The summed E-state index contributed by atoms with van der Waals surface area (Å²) in [6.07, 6.45) is 1.06. The summed E-state index contributed by atoms with van der Waals surface area (Å²) in [7, 11) is 0. The van der Waals surface area contributed by atoms with Crippen molar-refractivity contribution in [2.45, 2.75) is 6.92 Å². The number of amides is 1. The van der Waals surface area contributed by atoms with Crippen molar-refractivity contribution in [1.82, 2.24) is 14.9 Å². The molecule has 0 bridgehead atoms. The van der Waals surface area contributed by atoms with Gasteiger partial charge in [-0.05, 0) is 19.1 Å². The maximum atomic E-state index is 13.8. The topological polar surface area (TPSA) is 70.6 Å². The van der Waals surface area contributed by atoms with Crippen molar-refractivity contribution in [2.24, 2.45) is 0 Å². The molecule has 2 heterocycles. The number of hydrogen-bond donors (Lipinski definition) is 1. The molecule has 1 saturated heterocycles. The van der Waals surface area contributed by atoms with Gasteiger partial charge in [-0.2, -0.15) is 0 Å². The van der Waals surface area contributed by atoms with Crippen LogP contribution in [0.15, 0.2) is 30.6 Å². The van der Waals surface area contributed by atoms with Crippen LogP contribution < -0.4 is 10.2 Å². The van der Waals surface area contributed by atoms with E-state index in [-0.39, 0.29) is 11.8 Å². The number of piperazine rings is 1. The van der Waals surface area contributed by atoms with Gasteiger partial charge in [0.15, 0.2) is 0 Å². The van der Waals surface area contributed by atoms with E-state index in [1.54, 1.807) is 17.9 Å². The Hall–Kier alpha value is -2.97. The van der Waals surface area contributed by atoms with Crippen LogP contribution in [-0.4, -0.2) is 53.7 Å². The Morgan fingerprint density at radius 2 is 1.96 bits per heavy atom. The van der Waals surface area contributed by atoms with Gasteiger partial charge in [-0.3, -0.25) is 0 Å². The number of anilines is 3. The first kappa shape index (κ1) is 17.8. The van der Waals surface area contributed by atoms with Gasteiger partial charge in [-0.25, -0.2) is 23.5 Å². The molecule has 9 heteroatoms. The molecule has 26 heavy (non-hydrogen) atoms. The van der Waals surface area contributed by atoms with E-state index >= 15 is 0 Å². The summed E-state index contributed by atoms with van der Waals surface area (Å²) in [5, 5.41) is 2.82. The summed E-state index contributed by atoms with van der Waals surface area (Å²) in [4.78, 5) is 23.7. The van der Waals surface area contributed by atoms with Crippen LogP contribution in [0.1, 0.15) is 6.92 Å². The third-order valence-corrected chi connectivity index (χ3v) is 3.98. The van der Waals surface area contributed by atoms with E-state index in [4.69, 9.17) is 4.74 Å². The van der Waals surface area contributed by atoms with E-state index in [1.807, 2.05) is 4.90 Å². The quantitative estimate of drug-likeness (QED) is 0.901. The van der Waals surface area contributed by atoms with Crippen LogP contribution in [0.3, 0.4) is 0 Å². The summed E-state index contributed by atoms with van der Waals surface area (Å²) >= 11 is 0. The molecule has 1 aliphatic heterocycles. The van der Waals surface area contributed by atoms with Gasteiger partial charge < -0.3 is 19.9 Å². The molecule has 1 aromatic heterocycles. The minimum Gasteiger partial charge on any atom is -0.450 e. The van der Waals surface area contributed by atoms with Crippen molar-refractivity contribution >= 4 is 23.4 Å². The summed E-state index contributed by atoms with van der Waals surface area (Å²) in [6.45, 7) is 4.37. The van der Waals surface area contributed by atoms with Crippen LogP contribution in [-0.2, 0) is 4.74 Å². The third-order valence-electron chi connectivity index (χ3n) is 3.98. The maximum Gasteiger partial charge on any atom is 0.409 e. The zero-order valence-corrected chi connectivity index (χ0v) is 14.3. The molecule has 0 aliphatic carbocycles. The van der Waals surface area contributed by atoms with Crippen molar-refractivity contribution in [2.75, 3.05) is 43.0 Å². The van der Waals surface area contributed by atoms with Crippen LogP contribution in [0.5, 0.6) is 0 Å². The fourth-order valence-electron chi connectivity index (χ4n) is 2.65. The number of benzene rings is 1. The van der Waals surface area contributed by atoms with Crippen molar-refractivity contribution in [3.63, 3.8) is 0 Å². The zero-order valence-electron chi connectivity index (χ0n) is 14.3. The second-order valence-corrected chi connectivity index (χ2v) is 5.68. The second-order valence-electron chi connectivity index (χ2n) is 5.68. The summed E-state index contributed by atoms with van der Waals surface area (Å²) in [5.74, 6) is -0.286. The van der Waals surface area contributed by atoms with Crippen LogP contribution in [0, 0.1) is 11.6 Å². The zero-order chi connectivity index (χ0) is 18.5. The number of hydrogen-bond acceptors (Lipinski definition) is 6. The first-order valence-corrected chi connectivity index (χ1v) is 8.27. The number of nitrogens with one attached hydrogen (secondary N) is 1. The number of carbonyl (C=O) groups excluding carboxylic acids is 1. The minimum absolute atomic E-state index is 0.128. The highest BCUT2D eigenvalue weighted by Gasteiger charge is 2.22. The van der Waals surface area contributed by atoms with Gasteiger partial charge in [-0.15, -0.1) is 0 Å². The van der Waals surface area contributed by atoms with E-state index in [0.29, 0.717) is 44.4 Å². The highest BCUT2D eigenvalue weighted by Crippen LogP contribution is 2.22. The van der Waals surface area contributed by atoms with Crippen LogP contribution in [0.25, 0.3) is 0 Å². The molecule has 0 saturated carbocycles. The number of nitrogens with zero attached hydrogens (tertiary/aromatic N) is 4. The molecular weight excluding hydrogens is 344 g/mol. The van der Waals surface area contributed by atoms with Crippen molar-refractivity contribution in [3.8, 4) is 0 Å². The number of halogens is 2. The number of rotatable bonds is 4. The molecule has 1 fully saturated rings. The standard InChI is InChI=1S/C17H19F2N5O2/c1-2-26-17(25)24-7-5-23(6-8-24)16-10-15(20-11-21-16)22-14-4-3-12(18)9-13(14)19/h3-4,9-11H,2,5-8H2,1H3,(H,20,21,22). The Balaban J connectivity index is 1.65. The molecule has 138 valence electrons. The fraction of sp³-hybridized carbons (Fsp3) is 0.353. The lowest BCUT2D eigenvalue weighted by Crippen LogP contribution is -2.49. The Labute approximate surface area is 149 Å². The van der Waals surface area contributed by atoms with Gasteiger partial charge in [-0.1, -0.05) is 0 Å². The molecule has 1 amide bonds. The van der Waals surface area contributed by atoms with Gasteiger partial charge >= 0.3 is 6.09 Å². The molecule has 0 spiro atoms. The number of ether oxygens (including phenoxy) is 1. The first-order valence-electron chi connectivity index (χ1n) is 8.27. The molecule has 2 aromatic rings. The highest BCUT2D eigenvalue weighted by atomic mass is 19.1. The van der Waals surface area contributed by atoms with Crippen LogP contribution >= 0.6 is 0 Å². The van der Waals surface area contributed by atoms with Crippen LogP contribution in [0.4, 0.5) is 30.9 Å². The fourth-order valence-corrected chi connectivity index (χ4v) is 2.65. The minimum atomic E-state index is -0.701. The predicted octanol–water partition coefficient (Wildman–Crippen LogP) is 2.78. The normalized spacial score (nSPS) is 14.3. The summed E-state index contributed by atoms with van der Waals surface area (Å²) in [5.41, 5.74) is 0.128. The Bertz CT molecular complexity index is 781. The molecule has 1 aliphatic rings. The van der Waals surface area contributed by atoms with E-state index in [2.05, 4.69) is 15.3 Å². The molecular formula is C17H19F2N5O2. The van der Waals surface area contributed by atoms with Gasteiger partial charge in [0.25, 0.3) is 0 Å². The van der Waals surface area contributed by atoms with Gasteiger partial charge in [0.2, 0.25) is 0 Å². The molecule has 0 radical (unpaired) electrons. The lowest BCUT2D eigenvalue weighted by molar-refractivity contribution is 0.105. The average molecular weight is 363 g/mol. The number of aromatic nitrogens is 2. The van der Waals surface area contributed by atoms with Gasteiger partial charge in [0, 0.05) is 38.3 Å². The smallest absolute Gasteiger partial charge is 0.409 e. The van der Waals surface area contributed by atoms with Gasteiger partial charge in [0.1, 0.15) is 29.6 Å². The molecule has 7 nitrogen and oxygen atoms in total. The summed E-state index contributed by atoms with van der Waals surface area (Å²) in [6, 6.07) is 4.97. The Morgan fingerprint density at radius 3 is 2.65 bits per heavy atom. The summed E-state index contributed by atoms with van der Waals surface area (Å²) < 4.78 is 31.8. The average Bonchev–Trinajstić information content (AvgIpc) is 2.65. The molecule has 0 atom stereocenters. The monoisotopic (exact) mass is 363 g/mol. The Kier molecular flexibility index (Phi) is 5.45. The van der Waals surface area contributed by atoms with E-state index in [1.165, 1.54) is 18.5 Å². The lowest BCUT2D eigenvalue weighted by Gasteiger charge is -2.34. The second kappa shape index (κ2) is 7.94. The lowest BCUT2D eigenvalue weighted by atomic mass is 10.3. The van der Waals surface area contributed by atoms with E-state index in [9.17, 15) is 13.6 Å². The van der Waals surface area contributed by atoms with Crippen molar-refractivity contribution in [3.05, 3.63) is 42.2 Å². The molecule has 3 rings (SSSR count). The molecule has 1 aromatic carbocycles. The maximum absolute atomic E-state index is 13.8. The SMILES string of the molecule is CCOC(=O)N1CCN(c2cc(Nc3ccc(F)cc3F)ncn2)CC1. The predicted molar refractivity (Wildman–Crippen MR) is 92.5 cm³/mol. The van der Waals surface area contributed by atoms with Crippen molar-refractivity contribution in [1.29, 1.82) is 0 Å². The largest absolute Gasteiger partial charge is 0.450 e. The van der Waals surface area contributed by atoms with Crippen LogP contribution in [0.2, 0.25) is 0 Å². The third kappa shape index (κ3) is 4.16. The Morgan fingerprint density at radius 1 is 1.19 bits per heavy atom.